The van der Waals surface area contributed by atoms with E-state index in [1.165, 1.54) is 0 Å². The summed E-state index contributed by atoms with van der Waals surface area (Å²) in [5.41, 5.74) is 0.423. The summed E-state index contributed by atoms with van der Waals surface area (Å²) in [4.78, 5) is 4.07. The van der Waals surface area contributed by atoms with Gasteiger partial charge in [-0.3, -0.25) is 4.21 Å². The highest BCUT2D eigenvalue weighted by Gasteiger charge is 2.23. The fourth-order valence-corrected chi connectivity index (χ4v) is 3.26. The first kappa shape index (κ1) is 11.2. The Labute approximate surface area is 97.2 Å². The highest BCUT2D eigenvalue weighted by molar-refractivity contribution is 7.85. The molecule has 4 nitrogen and oxygen atoms in total. The quantitative estimate of drug-likeness (QED) is 0.824. The van der Waals surface area contributed by atoms with Gasteiger partial charge in [-0.1, -0.05) is 0 Å². The van der Waals surface area contributed by atoms with Gasteiger partial charge < -0.3 is 5.32 Å². The Morgan fingerprint density at radius 2 is 2.50 bits per heavy atom. The Morgan fingerprint density at radius 3 is 3.19 bits per heavy atom. The zero-order valence-electron chi connectivity index (χ0n) is 8.85. The molecule has 0 spiro atoms. The number of pyridine rings is 1. The van der Waals surface area contributed by atoms with E-state index in [0.717, 1.165) is 25.9 Å². The third-order valence-electron chi connectivity index (χ3n) is 2.64. The molecule has 16 heavy (non-hydrogen) atoms. The van der Waals surface area contributed by atoms with Gasteiger partial charge in [0.15, 0.2) is 0 Å². The number of nitrogens with zero attached hydrogens (tertiary/aromatic N) is 2. The molecule has 1 aromatic rings. The maximum absolute atomic E-state index is 12.2. The zero-order chi connectivity index (χ0) is 11.4. The SMILES string of the molecule is N#Cc1cccnc1S(=O)C1CCCNC1. The molecule has 2 atom stereocenters. The molecule has 2 unspecified atom stereocenters. The highest BCUT2D eigenvalue weighted by atomic mass is 32.2. The smallest absolute Gasteiger partial charge is 0.145 e. The van der Waals surface area contributed by atoms with Crippen molar-refractivity contribution in [2.24, 2.45) is 0 Å². The van der Waals surface area contributed by atoms with Gasteiger partial charge in [0.1, 0.15) is 11.1 Å². The third kappa shape index (κ3) is 2.29. The second-order valence-corrected chi connectivity index (χ2v) is 5.38. The van der Waals surface area contributed by atoms with Crippen molar-refractivity contribution in [2.75, 3.05) is 13.1 Å². The number of piperidine rings is 1. The van der Waals surface area contributed by atoms with Crippen LogP contribution in [0.15, 0.2) is 23.4 Å². The summed E-state index contributed by atoms with van der Waals surface area (Å²) in [7, 11) is -1.18. The summed E-state index contributed by atoms with van der Waals surface area (Å²) in [6.45, 7) is 1.73. The Morgan fingerprint density at radius 1 is 1.62 bits per heavy atom. The molecule has 2 rings (SSSR count). The van der Waals surface area contributed by atoms with Gasteiger partial charge in [-0.15, -0.1) is 0 Å². The monoisotopic (exact) mass is 235 g/mol. The van der Waals surface area contributed by atoms with Crippen LogP contribution in [0, 0.1) is 11.3 Å². The van der Waals surface area contributed by atoms with E-state index in [2.05, 4.69) is 10.3 Å². The molecule has 0 radical (unpaired) electrons. The fraction of sp³-hybridized carbons (Fsp3) is 0.455. The minimum absolute atomic E-state index is 0.0794. The second kappa shape index (κ2) is 5.19. The minimum atomic E-state index is -1.18. The lowest BCUT2D eigenvalue weighted by atomic mass is 10.2. The second-order valence-electron chi connectivity index (χ2n) is 3.73. The third-order valence-corrected chi connectivity index (χ3v) is 4.35. The minimum Gasteiger partial charge on any atom is -0.316 e. The molecule has 0 amide bonds. The van der Waals surface area contributed by atoms with Crippen molar-refractivity contribution in [3.8, 4) is 6.07 Å². The van der Waals surface area contributed by atoms with Crippen molar-refractivity contribution >= 4 is 10.8 Å². The van der Waals surface area contributed by atoms with E-state index in [0.29, 0.717) is 10.6 Å². The maximum atomic E-state index is 12.2. The van der Waals surface area contributed by atoms with E-state index in [1.54, 1.807) is 18.3 Å². The molecule has 1 aliphatic rings. The highest BCUT2D eigenvalue weighted by Crippen LogP contribution is 2.17. The Balaban J connectivity index is 2.23. The van der Waals surface area contributed by atoms with Gasteiger partial charge in [-0.25, -0.2) is 4.98 Å². The number of nitrogens with one attached hydrogen (secondary N) is 1. The molecule has 0 aliphatic carbocycles. The summed E-state index contributed by atoms with van der Waals surface area (Å²) in [5, 5.41) is 12.7. The van der Waals surface area contributed by atoms with E-state index in [9.17, 15) is 4.21 Å². The predicted molar refractivity (Wildman–Crippen MR) is 61.3 cm³/mol. The molecule has 1 saturated heterocycles. The number of hydrogen-bond donors (Lipinski definition) is 1. The largest absolute Gasteiger partial charge is 0.316 e. The number of hydrogen-bond acceptors (Lipinski definition) is 4. The number of nitriles is 1. The van der Waals surface area contributed by atoms with Gasteiger partial charge in [-0.2, -0.15) is 5.26 Å². The average Bonchev–Trinajstić information content (AvgIpc) is 2.39. The lowest BCUT2D eigenvalue weighted by molar-refractivity contribution is 0.519. The van der Waals surface area contributed by atoms with Crippen LogP contribution in [0.5, 0.6) is 0 Å². The van der Waals surface area contributed by atoms with E-state index < -0.39 is 10.8 Å². The van der Waals surface area contributed by atoms with Gasteiger partial charge in [0.05, 0.1) is 21.6 Å². The van der Waals surface area contributed by atoms with Crippen molar-refractivity contribution in [1.82, 2.24) is 10.3 Å². The first-order valence-electron chi connectivity index (χ1n) is 5.29. The predicted octanol–water partition coefficient (Wildman–Crippen LogP) is 0.813. The molecule has 0 aromatic carbocycles. The van der Waals surface area contributed by atoms with Gasteiger partial charge in [0, 0.05) is 12.7 Å². The van der Waals surface area contributed by atoms with Crippen LogP contribution in [0.3, 0.4) is 0 Å². The zero-order valence-corrected chi connectivity index (χ0v) is 9.67. The van der Waals surface area contributed by atoms with E-state index in [4.69, 9.17) is 5.26 Å². The molecule has 5 heteroatoms. The Bertz CT molecular complexity index is 435. The van der Waals surface area contributed by atoms with Crippen LogP contribution in [-0.4, -0.2) is 27.5 Å². The number of rotatable bonds is 2. The Hall–Kier alpha value is -1.25. The first-order valence-corrected chi connectivity index (χ1v) is 6.50. The average molecular weight is 235 g/mol. The topological polar surface area (TPSA) is 65.8 Å². The molecule has 1 fully saturated rings. The summed E-state index contributed by atoms with van der Waals surface area (Å²) < 4.78 is 12.2. The normalized spacial score (nSPS) is 22.3. The molecule has 0 bridgehead atoms. The standard InChI is InChI=1S/C11H13N3OS/c12-7-9-3-1-6-14-11(9)16(15)10-4-2-5-13-8-10/h1,3,6,10,13H,2,4-5,8H2. The van der Waals surface area contributed by atoms with Crippen molar-refractivity contribution in [1.29, 1.82) is 5.26 Å². The first-order chi connectivity index (χ1) is 7.83. The van der Waals surface area contributed by atoms with Crippen molar-refractivity contribution in [3.05, 3.63) is 23.9 Å². The van der Waals surface area contributed by atoms with Crippen LogP contribution in [0.2, 0.25) is 0 Å². The lowest BCUT2D eigenvalue weighted by Crippen LogP contribution is -2.36. The van der Waals surface area contributed by atoms with Crippen LogP contribution < -0.4 is 5.32 Å². The van der Waals surface area contributed by atoms with E-state index >= 15 is 0 Å². The van der Waals surface area contributed by atoms with Crippen LogP contribution in [0.25, 0.3) is 0 Å². The van der Waals surface area contributed by atoms with Gasteiger partial charge in [-0.05, 0) is 31.5 Å². The van der Waals surface area contributed by atoms with Crippen LogP contribution in [0.4, 0.5) is 0 Å². The van der Waals surface area contributed by atoms with Crippen molar-refractivity contribution in [2.45, 2.75) is 23.1 Å². The molecule has 0 saturated carbocycles. The van der Waals surface area contributed by atoms with Crippen molar-refractivity contribution < 1.29 is 4.21 Å². The molecule has 2 heterocycles. The lowest BCUT2D eigenvalue weighted by Gasteiger charge is -2.21. The van der Waals surface area contributed by atoms with Crippen LogP contribution in [0.1, 0.15) is 18.4 Å². The molecule has 84 valence electrons. The van der Waals surface area contributed by atoms with E-state index in [1.807, 2.05) is 6.07 Å². The van der Waals surface area contributed by atoms with Gasteiger partial charge in [0.25, 0.3) is 0 Å². The molecule has 1 N–H and O–H groups in total. The van der Waals surface area contributed by atoms with Gasteiger partial charge in [0.2, 0.25) is 0 Å². The Kier molecular flexibility index (Phi) is 3.65. The molecule has 1 aromatic heterocycles. The summed E-state index contributed by atoms with van der Waals surface area (Å²) in [6, 6.07) is 5.40. The van der Waals surface area contributed by atoms with Crippen molar-refractivity contribution in [3.63, 3.8) is 0 Å². The summed E-state index contributed by atoms with van der Waals surface area (Å²) in [5.74, 6) is 0. The summed E-state index contributed by atoms with van der Waals surface area (Å²) >= 11 is 0. The molecular weight excluding hydrogens is 222 g/mol. The fourth-order valence-electron chi connectivity index (χ4n) is 1.80. The van der Waals surface area contributed by atoms with E-state index in [-0.39, 0.29) is 5.25 Å². The summed E-state index contributed by atoms with van der Waals surface area (Å²) in [6.07, 6.45) is 3.55. The maximum Gasteiger partial charge on any atom is 0.145 e. The number of aromatic nitrogens is 1. The molecular formula is C11H13N3OS. The van der Waals surface area contributed by atoms with Crippen LogP contribution >= 0.6 is 0 Å². The van der Waals surface area contributed by atoms with Crippen LogP contribution in [-0.2, 0) is 10.8 Å². The van der Waals surface area contributed by atoms with Gasteiger partial charge >= 0.3 is 0 Å². The molecule has 1 aliphatic heterocycles.